The Hall–Kier alpha value is -0.570. The molecule has 3 nitrogen and oxygen atoms in total. The molecule has 5 fully saturated rings. The van der Waals surface area contributed by atoms with Crippen molar-refractivity contribution < 1.29 is 4.79 Å². The summed E-state index contributed by atoms with van der Waals surface area (Å²) in [7, 11) is 0. The minimum Gasteiger partial charge on any atom is -0.354 e. The van der Waals surface area contributed by atoms with Crippen LogP contribution in [-0.2, 0) is 4.79 Å². The SMILES string of the molecule is O=C(NCC12CC3CC(CC(C3)C1)C2)[C@H]1CCCCN1. The molecule has 4 bridgehead atoms. The summed E-state index contributed by atoms with van der Waals surface area (Å²) >= 11 is 0. The van der Waals surface area contributed by atoms with E-state index >= 15 is 0 Å². The summed E-state index contributed by atoms with van der Waals surface area (Å²) in [6.45, 7) is 1.96. The first-order valence-electron chi connectivity index (χ1n) is 8.74. The van der Waals surface area contributed by atoms with Crippen LogP contribution in [0.3, 0.4) is 0 Å². The van der Waals surface area contributed by atoms with E-state index < -0.39 is 0 Å². The van der Waals surface area contributed by atoms with Crippen molar-refractivity contribution in [3.05, 3.63) is 0 Å². The molecule has 5 aliphatic rings. The van der Waals surface area contributed by atoms with E-state index in [4.69, 9.17) is 0 Å². The number of rotatable bonds is 3. The molecule has 1 saturated heterocycles. The molecule has 1 heterocycles. The van der Waals surface area contributed by atoms with Gasteiger partial charge in [-0.1, -0.05) is 6.42 Å². The van der Waals surface area contributed by atoms with Gasteiger partial charge in [-0.05, 0) is 81.1 Å². The van der Waals surface area contributed by atoms with Gasteiger partial charge in [0.05, 0.1) is 6.04 Å². The molecule has 4 saturated carbocycles. The largest absolute Gasteiger partial charge is 0.354 e. The first-order valence-corrected chi connectivity index (χ1v) is 8.74. The molecule has 0 unspecified atom stereocenters. The van der Waals surface area contributed by atoms with E-state index in [2.05, 4.69) is 10.6 Å². The van der Waals surface area contributed by atoms with Gasteiger partial charge >= 0.3 is 0 Å². The van der Waals surface area contributed by atoms with Gasteiger partial charge in [0.1, 0.15) is 0 Å². The van der Waals surface area contributed by atoms with E-state index in [9.17, 15) is 4.79 Å². The van der Waals surface area contributed by atoms with Crippen LogP contribution in [-0.4, -0.2) is 25.0 Å². The number of hydrogen-bond acceptors (Lipinski definition) is 2. The summed E-state index contributed by atoms with van der Waals surface area (Å²) in [6, 6.07) is 0.0812. The maximum atomic E-state index is 12.3. The Labute approximate surface area is 122 Å². The minimum absolute atomic E-state index is 0.0812. The molecule has 0 aromatic rings. The predicted molar refractivity (Wildman–Crippen MR) is 79.3 cm³/mol. The number of piperidine rings is 1. The Kier molecular flexibility index (Phi) is 3.29. The Morgan fingerprint density at radius 1 is 1.05 bits per heavy atom. The molecule has 0 aromatic heterocycles. The van der Waals surface area contributed by atoms with Crippen LogP contribution in [0.2, 0.25) is 0 Å². The molecule has 1 atom stereocenters. The fourth-order valence-corrected chi connectivity index (χ4v) is 5.98. The summed E-state index contributed by atoms with van der Waals surface area (Å²) in [6.07, 6.45) is 12.0. The molecule has 112 valence electrons. The van der Waals surface area contributed by atoms with Gasteiger partial charge in [0.15, 0.2) is 0 Å². The molecule has 20 heavy (non-hydrogen) atoms. The number of amides is 1. The lowest BCUT2D eigenvalue weighted by atomic mass is 9.49. The van der Waals surface area contributed by atoms with Gasteiger partial charge in [0.25, 0.3) is 0 Å². The molecular formula is C17H28N2O. The van der Waals surface area contributed by atoms with E-state index in [1.807, 2.05) is 0 Å². The average molecular weight is 276 g/mol. The molecule has 0 radical (unpaired) electrons. The van der Waals surface area contributed by atoms with Crippen molar-refractivity contribution in [1.29, 1.82) is 0 Å². The lowest BCUT2D eigenvalue weighted by molar-refractivity contribution is -0.125. The smallest absolute Gasteiger partial charge is 0.237 e. The predicted octanol–water partition coefficient (Wildman–Crippen LogP) is 2.46. The molecule has 2 N–H and O–H groups in total. The third-order valence-corrected chi connectivity index (χ3v) is 6.43. The van der Waals surface area contributed by atoms with E-state index in [1.165, 1.54) is 51.4 Å². The van der Waals surface area contributed by atoms with Crippen LogP contribution in [0.1, 0.15) is 57.8 Å². The van der Waals surface area contributed by atoms with Crippen molar-refractivity contribution >= 4 is 5.91 Å². The van der Waals surface area contributed by atoms with Gasteiger partial charge in [0, 0.05) is 6.54 Å². The lowest BCUT2D eigenvalue weighted by Crippen LogP contribution is -2.54. The monoisotopic (exact) mass is 276 g/mol. The zero-order valence-electron chi connectivity index (χ0n) is 12.5. The van der Waals surface area contributed by atoms with Crippen LogP contribution in [0.15, 0.2) is 0 Å². The number of nitrogens with one attached hydrogen (secondary N) is 2. The average Bonchev–Trinajstić information content (AvgIpc) is 2.44. The highest BCUT2D eigenvalue weighted by atomic mass is 16.2. The molecule has 1 aliphatic heterocycles. The Morgan fingerprint density at radius 3 is 2.25 bits per heavy atom. The topological polar surface area (TPSA) is 41.1 Å². The van der Waals surface area contributed by atoms with E-state index in [0.717, 1.165) is 37.3 Å². The zero-order chi connectivity index (χ0) is 13.6. The molecular weight excluding hydrogens is 248 g/mol. The lowest BCUT2D eigenvalue weighted by Gasteiger charge is -2.57. The Morgan fingerprint density at radius 2 is 1.70 bits per heavy atom. The van der Waals surface area contributed by atoms with Crippen molar-refractivity contribution in [1.82, 2.24) is 10.6 Å². The van der Waals surface area contributed by atoms with Crippen LogP contribution in [0.25, 0.3) is 0 Å². The quantitative estimate of drug-likeness (QED) is 0.831. The first-order chi connectivity index (χ1) is 9.72. The summed E-state index contributed by atoms with van der Waals surface area (Å²) in [5, 5.41) is 6.67. The molecule has 5 rings (SSSR count). The first kappa shape index (κ1) is 13.1. The van der Waals surface area contributed by atoms with Crippen molar-refractivity contribution in [2.24, 2.45) is 23.2 Å². The Bertz CT molecular complexity index is 351. The fourth-order valence-electron chi connectivity index (χ4n) is 5.98. The van der Waals surface area contributed by atoms with Gasteiger partial charge in [-0.2, -0.15) is 0 Å². The summed E-state index contributed by atoms with van der Waals surface area (Å²) < 4.78 is 0. The highest BCUT2D eigenvalue weighted by molar-refractivity contribution is 5.81. The molecule has 0 spiro atoms. The second-order valence-corrected chi connectivity index (χ2v) is 8.14. The van der Waals surface area contributed by atoms with E-state index in [-0.39, 0.29) is 11.9 Å². The molecule has 4 aliphatic carbocycles. The maximum absolute atomic E-state index is 12.3. The van der Waals surface area contributed by atoms with Crippen LogP contribution in [0, 0.1) is 23.2 Å². The van der Waals surface area contributed by atoms with Crippen LogP contribution in [0.5, 0.6) is 0 Å². The van der Waals surface area contributed by atoms with Crippen LogP contribution < -0.4 is 10.6 Å². The van der Waals surface area contributed by atoms with Gasteiger partial charge < -0.3 is 10.6 Å². The third-order valence-electron chi connectivity index (χ3n) is 6.43. The van der Waals surface area contributed by atoms with Crippen LogP contribution >= 0.6 is 0 Å². The number of carbonyl (C=O) groups excluding carboxylic acids is 1. The molecule has 1 amide bonds. The summed E-state index contributed by atoms with van der Waals surface area (Å²) in [5.41, 5.74) is 0.471. The van der Waals surface area contributed by atoms with Crippen LogP contribution in [0.4, 0.5) is 0 Å². The third kappa shape index (κ3) is 2.38. The van der Waals surface area contributed by atoms with Gasteiger partial charge in [-0.25, -0.2) is 0 Å². The second-order valence-electron chi connectivity index (χ2n) is 8.14. The van der Waals surface area contributed by atoms with Crippen molar-refractivity contribution in [3.63, 3.8) is 0 Å². The van der Waals surface area contributed by atoms with Gasteiger partial charge in [-0.15, -0.1) is 0 Å². The van der Waals surface area contributed by atoms with Gasteiger partial charge in [0.2, 0.25) is 5.91 Å². The number of hydrogen-bond donors (Lipinski definition) is 2. The molecule has 0 aromatic carbocycles. The molecule has 3 heteroatoms. The number of carbonyl (C=O) groups is 1. The Balaban J connectivity index is 1.36. The second kappa shape index (κ2) is 5.01. The van der Waals surface area contributed by atoms with Crippen molar-refractivity contribution in [2.45, 2.75) is 63.8 Å². The van der Waals surface area contributed by atoms with Gasteiger partial charge in [-0.3, -0.25) is 4.79 Å². The maximum Gasteiger partial charge on any atom is 0.237 e. The zero-order valence-corrected chi connectivity index (χ0v) is 12.5. The highest BCUT2D eigenvalue weighted by Gasteiger charge is 2.50. The summed E-state index contributed by atoms with van der Waals surface area (Å²) in [4.78, 5) is 12.3. The van der Waals surface area contributed by atoms with E-state index in [0.29, 0.717) is 5.41 Å². The van der Waals surface area contributed by atoms with Crippen molar-refractivity contribution in [3.8, 4) is 0 Å². The fraction of sp³-hybridized carbons (Fsp3) is 0.941. The highest BCUT2D eigenvalue weighted by Crippen LogP contribution is 2.59. The van der Waals surface area contributed by atoms with Crippen molar-refractivity contribution in [2.75, 3.05) is 13.1 Å². The minimum atomic E-state index is 0.0812. The normalized spacial score (nSPS) is 46.4. The van der Waals surface area contributed by atoms with E-state index in [1.54, 1.807) is 0 Å². The standard InChI is InChI=1S/C17H28N2O/c20-16(15-3-1-2-4-18-15)19-11-17-8-12-5-13(9-17)7-14(6-12)10-17/h12-15,18H,1-11H2,(H,19,20)/t12?,13?,14?,15-,17?/m1/s1. The summed E-state index contributed by atoms with van der Waals surface area (Å²) in [5.74, 6) is 3.20.